The summed E-state index contributed by atoms with van der Waals surface area (Å²) in [6, 6.07) is 11.8. The van der Waals surface area contributed by atoms with Crippen molar-refractivity contribution in [2.75, 3.05) is 18.5 Å². The summed E-state index contributed by atoms with van der Waals surface area (Å²) in [5, 5.41) is 2.84. The van der Waals surface area contributed by atoms with Gasteiger partial charge in [0.25, 0.3) is 5.91 Å². The van der Waals surface area contributed by atoms with E-state index >= 15 is 0 Å². The highest BCUT2D eigenvalue weighted by molar-refractivity contribution is 7.89. The molecule has 0 bridgehead atoms. The lowest BCUT2D eigenvalue weighted by atomic mass is 10.1. The van der Waals surface area contributed by atoms with Gasteiger partial charge in [-0.05, 0) is 55.7 Å². The summed E-state index contributed by atoms with van der Waals surface area (Å²) in [6.45, 7) is 5.97. The van der Waals surface area contributed by atoms with Gasteiger partial charge in [0.05, 0.1) is 4.90 Å². The number of hydrogen-bond donors (Lipinski definition) is 2. The number of aryl methyl sites for hydroxylation is 2. The number of anilines is 1. The van der Waals surface area contributed by atoms with Crippen molar-refractivity contribution in [1.82, 2.24) is 4.72 Å². The molecule has 0 aromatic heterocycles. The van der Waals surface area contributed by atoms with Crippen LogP contribution in [-0.4, -0.2) is 27.5 Å². The second-order valence-corrected chi connectivity index (χ2v) is 7.74. The molecule has 1 amide bonds. The van der Waals surface area contributed by atoms with Gasteiger partial charge in [-0.1, -0.05) is 25.1 Å². The molecule has 0 spiro atoms. The quantitative estimate of drug-likeness (QED) is 0.742. The van der Waals surface area contributed by atoms with Gasteiger partial charge in [0.1, 0.15) is 5.75 Å². The van der Waals surface area contributed by atoms with Gasteiger partial charge in [0.15, 0.2) is 6.61 Å². The van der Waals surface area contributed by atoms with E-state index in [1.54, 1.807) is 0 Å². The zero-order valence-electron chi connectivity index (χ0n) is 15.2. The SMILES string of the molecule is CCCNS(=O)(=O)c1ccc(OCC(=O)Nc2c(C)cccc2C)cc1. The molecule has 2 aromatic rings. The van der Waals surface area contributed by atoms with E-state index in [0.717, 1.165) is 23.2 Å². The Hall–Kier alpha value is -2.38. The Morgan fingerprint density at radius 1 is 1.04 bits per heavy atom. The maximum atomic E-state index is 12.1. The summed E-state index contributed by atoms with van der Waals surface area (Å²) >= 11 is 0. The van der Waals surface area contributed by atoms with Crippen LogP contribution in [0.3, 0.4) is 0 Å². The van der Waals surface area contributed by atoms with Crippen LogP contribution in [0.4, 0.5) is 5.69 Å². The average molecular weight is 376 g/mol. The molecule has 0 saturated carbocycles. The standard InChI is InChI=1S/C19H24N2O4S/c1-4-12-20-26(23,24)17-10-8-16(9-11-17)25-13-18(22)21-19-14(2)6-5-7-15(19)3/h5-11,20H,4,12-13H2,1-3H3,(H,21,22). The highest BCUT2D eigenvalue weighted by atomic mass is 32.2. The molecule has 2 aromatic carbocycles. The van der Waals surface area contributed by atoms with E-state index in [-0.39, 0.29) is 17.4 Å². The lowest BCUT2D eigenvalue weighted by Crippen LogP contribution is -2.24. The lowest BCUT2D eigenvalue weighted by molar-refractivity contribution is -0.118. The van der Waals surface area contributed by atoms with E-state index in [9.17, 15) is 13.2 Å². The van der Waals surface area contributed by atoms with Crippen LogP contribution in [0.5, 0.6) is 5.75 Å². The smallest absolute Gasteiger partial charge is 0.262 e. The molecule has 26 heavy (non-hydrogen) atoms. The van der Waals surface area contributed by atoms with Gasteiger partial charge in [-0.3, -0.25) is 4.79 Å². The van der Waals surface area contributed by atoms with Crippen molar-refractivity contribution in [2.45, 2.75) is 32.1 Å². The molecule has 7 heteroatoms. The Labute approximate surface area is 154 Å². The molecule has 140 valence electrons. The molecule has 0 aliphatic carbocycles. The molecular formula is C19H24N2O4S. The summed E-state index contributed by atoms with van der Waals surface area (Å²) in [5.74, 6) is 0.153. The topological polar surface area (TPSA) is 84.5 Å². The maximum absolute atomic E-state index is 12.1. The fraction of sp³-hybridized carbons (Fsp3) is 0.316. The first-order chi connectivity index (χ1) is 12.3. The van der Waals surface area contributed by atoms with Crippen LogP contribution < -0.4 is 14.8 Å². The minimum atomic E-state index is -3.51. The third-order valence-electron chi connectivity index (χ3n) is 3.79. The number of carbonyl (C=O) groups is 1. The molecule has 0 atom stereocenters. The predicted molar refractivity (Wildman–Crippen MR) is 102 cm³/mol. The van der Waals surface area contributed by atoms with Gasteiger partial charge in [-0.25, -0.2) is 13.1 Å². The summed E-state index contributed by atoms with van der Waals surface area (Å²) in [4.78, 5) is 12.3. The van der Waals surface area contributed by atoms with Gasteiger partial charge in [-0.2, -0.15) is 0 Å². The Morgan fingerprint density at radius 2 is 1.65 bits per heavy atom. The number of ether oxygens (including phenoxy) is 1. The van der Waals surface area contributed by atoms with Crippen LogP contribution in [0.1, 0.15) is 24.5 Å². The van der Waals surface area contributed by atoms with Crippen molar-refractivity contribution in [3.05, 3.63) is 53.6 Å². The number of rotatable bonds is 8. The molecule has 6 nitrogen and oxygen atoms in total. The zero-order valence-corrected chi connectivity index (χ0v) is 16.0. The first-order valence-corrected chi connectivity index (χ1v) is 9.90. The summed E-state index contributed by atoms with van der Waals surface area (Å²) in [6.07, 6.45) is 0.718. The normalized spacial score (nSPS) is 11.2. The van der Waals surface area contributed by atoms with Crippen molar-refractivity contribution in [3.8, 4) is 5.75 Å². The fourth-order valence-electron chi connectivity index (χ4n) is 2.37. The first kappa shape index (κ1) is 19.9. The highest BCUT2D eigenvalue weighted by Gasteiger charge is 2.13. The zero-order chi connectivity index (χ0) is 19.2. The van der Waals surface area contributed by atoms with Crippen LogP contribution in [0, 0.1) is 13.8 Å². The first-order valence-electron chi connectivity index (χ1n) is 8.42. The Balaban J connectivity index is 1.94. The van der Waals surface area contributed by atoms with Crippen molar-refractivity contribution in [1.29, 1.82) is 0 Å². The molecule has 0 saturated heterocycles. The van der Waals surface area contributed by atoms with Crippen molar-refractivity contribution >= 4 is 21.6 Å². The number of hydrogen-bond acceptors (Lipinski definition) is 4. The van der Waals surface area contributed by atoms with Crippen LogP contribution in [0.15, 0.2) is 47.4 Å². The molecule has 2 rings (SSSR count). The largest absolute Gasteiger partial charge is 0.484 e. The van der Waals surface area contributed by atoms with Crippen LogP contribution in [-0.2, 0) is 14.8 Å². The Bertz CT molecular complexity index is 841. The van der Waals surface area contributed by atoms with Gasteiger partial charge in [0, 0.05) is 12.2 Å². The van der Waals surface area contributed by atoms with Gasteiger partial charge in [0.2, 0.25) is 10.0 Å². The van der Waals surface area contributed by atoms with Gasteiger partial charge in [-0.15, -0.1) is 0 Å². The van der Waals surface area contributed by atoms with Crippen molar-refractivity contribution < 1.29 is 17.9 Å². The monoisotopic (exact) mass is 376 g/mol. The lowest BCUT2D eigenvalue weighted by Gasteiger charge is -2.12. The molecule has 0 radical (unpaired) electrons. The fourth-order valence-corrected chi connectivity index (χ4v) is 3.50. The van der Waals surface area contributed by atoms with E-state index in [1.165, 1.54) is 24.3 Å². The summed E-state index contributed by atoms with van der Waals surface area (Å²) < 4.78 is 32.0. The highest BCUT2D eigenvalue weighted by Crippen LogP contribution is 2.20. The van der Waals surface area contributed by atoms with E-state index in [1.807, 2.05) is 39.0 Å². The second kappa shape index (κ2) is 8.82. The number of nitrogens with one attached hydrogen (secondary N) is 2. The van der Waals surface area contributed by atoms with Gasteiger partial charge >= 0.3 is 0 Å². The third-order valence-corrected chi connectivity index (χ3v) is 5.27. The molecule has 2 N–H and O–H groups in total. The van der Waals surface area contributed by atoms with Crippen molar-refractivity contribution in [3.63, 3.8) is 0 Å². The molecule has 0 aliphatic rings. The average Bonchev–Trinajstić information content (AvgIpc) is 2.62. The van der Waals surface area contributed by atoms with E-state index in [2.05, 4.69) is 10.0 Å². The Morgan fingerprint density at radius 3 is 2.23 bits per heavy atom. The van der Waals surface area contributed by atoms with E-state index in [4.69, 9.17) is 4.74 Å². The van der Waals surface area contributed by atoms with Crippen molar-refractivity contribution in [2.24, 2.45) is 0 Å². The minimum Gasteiger partial charge on any atom is -0.484 e. The molecule has 0 heterocycles. The third kappa shape index (κ3) is 5.31. The van der Waals surface area contributed by atoms with E-state index in [0.29, 0.717) is 12.3 Å². The molecule has 0 unspecified atom stereocenters. The van der Waals surface area contributed by atoms with Gasteiger partial charge < -0.3 is 10.1 Å². The second-order valence-electron chi connectivity index (χ2n) is 5.97. The van der Waals surface area contributed by atoms with Crippen LogP contribution in [0.25, 0.3) is 0 Å². The minimum absolute atomic E-state index is 0.159. The number of benzene rings is 2. The Kier molecular flexibility index (Phi) is 6.76. The number of amides is 1. The summed E-state index contributed by atoms with van der Waals surface area (Å²) in [7, 11) is -3.51. The van der Waals surface area contributed by atoms with E-state index < -0.39 is 10.0 Å². The molecule has 0 fully saturated rings. The number of carbonyl (C=O) groups excluding carboxylic acids is 1. The summed E-state index contributed by atoms with van der Waals surface area (Å²) in [5.41, 5.74) is 2.74. The number of para-hydroxylation sites is 1. The maximum Gasteiger partial charge on any atom is 0.262 e. The number of sulfonamides is 1. The molecular weight excluding hydrogens is 352 g/mol. The molecule has 0 aliphatic heterocycles. The van der Waals surface area contributed by atoms with Crippen LogP contribution >= 0.6 is 0 Å². The van der Waals surface area contributed by atoms with Crippen LogP contribution in [0.2, 0.25) is 0 Å². The predicted octanol–water partition coefficient (Wildman–Crippen LogP) is 3.01.